The first-order chi connectivity index (χ1) is 13.7. The van der Waals surface area contributed by atoms with E-state index in [0.717, 1.165) is 56.8 Å². The first-order valence-corrected chi connectivity index (χ1v) is 10.1. The van der Waals surface area contributed by atoms with E-state index in [1.807, 2.05) is 12.1 Å². The van der Waals surface area contributed by atoms with Gasteiger partial charge in [-0.05, 0) is 43.5 Å². The number of piperidine rings is 1. The molecule has 0 amide bonds. The second-order valence-corrected chi connectivity index (χ2v) is 7.42. The van der Waals surface area contributed by atoms with Crippen LogP contribution in [0.4, 0.5) is 17.6 Å². The Hall–Kier alpha value is -2.61. The monoisotopic (exact) mass is 383 g/mol. The van der Waals surface area contributed by atoms with E-state index in [9.17, 15) is 0 Å². The fraction of sp³-hybridized carbons (Fsp3) is 0.550. The number of aromatic nitrogens is 3. The summed E-state index contributed by atoms with van der Waals surface area (Å²) < 4.78 is 5.24. The molecule has 0 atom stereocenters. The van der Waals surface area contributed by atoms with Crippen molar-refractivity contribution in [2.75, 3.05) is 61.9 Å². The van der Waals surface area contributed by atoms with Crippen LogP contribution in [0.2, 0.25) is 0 Å². The molecule has 1 aromatic heterocycles. The van der Waals surface area contributed by atoms with Crippen molar-refractivity contribution in [2.45, 2.75) is 25.8 Å². The van der Waals surface area contributed by atoms with E-state index in [-0.39, 0.29) is 0 Å². The Morgan fingerprint density at radius 2 is 1.57 bits per heavy atom. The number of methoxy groups -OCH3 is 1. The highest BCUT2D eigenvalue weighted by molar-refractivity contribution is 5.49. The van der Waals surface area contributed by atoms with Crippen LogP contribution >= 0.6 is 0 Å². The van der Waals surface area contributed by atoms with Crippen molar-refractivity contribution < 1.29 is 4.74 Å². The number of rotatable bonds is 5. The van der Waals surface area contributed by atoms with Crippen molar-refractivity contribution in [3.8, 4) is 5.75 Å². The van der Waals surface area contributed by atoms with E-state index in [0.29, 0.717) is 12.5 Å². The maximum atomic E-state index is 5.97. The Kier molecular flexibility index (Phi) is 5.76. The summed E-state index contributed by atoms with van der Waals surface area (Å²) in [6, 6.07) is 8.26. The lowest BCUT2D eigenvalue weighted by Gasteiger charge is -2.36. The molecule has 8 nitrogen and oxygen atoms in total. The predicted molar refractivity (Wildman–Crippen MR) is 111 cm³/mol. The maximum absolute atomic E-state index is 5.97. The Bertz CT molecular complexity index is 769. The second-order valence-electron chi connectivity index (χ2n) is 7.42. The molecule has 2 aromatic rings. The van der Waals surface area contributed by atoms with Gasteiger partial charge in [-0.15, -0.1) is 0 Å². The third kappa shape index (κ3) is 4.44. The summed E-state index contributed by atoms with van der Waals surface area (Å²) in [5.74, 6) is 2.71. The van der Waals surface area contributed by atoms with Crippen LogP contribution in [0, 0.1) is 0 Å². The van der Waals surface area contributed by atoms with Crippen LogP contribution in [0.3, 0.4) is 0 Å². The molecular formula is C20H29N7O. The Labute approximate surface area is 166 Å². The van der Waals surface area contributed by atoms with E-state index in [2.05, 4.69) is 36.8 Å². The lowest BCUT2D eigenvalue weighted by atomic mass is 10.1. The number of ether oxygens (including phenoxy) is 1. The fourth-order valence-electron chi connectivity index (χ4n) is 3.89. The first-order valence-electron chi connectivity index (χ1n) is 10.1. The molecule has 4 rings (SSSR count). The summed E-state index contributed by atoms with van der Waals surface area (Å²) in [5, 5.41) is 0. The quantitative estimate of drug-likeness (QED) is 0.836. The van der Waals surface area contributed by atoms with E-state index in [1.165, 1.54) is 24.9 Å². The summed E-state index contributed by atoms with van der Waals surface area (Å²) in [4.78, 5) is 20.5. The molecule has 2 N–H and O–H groups in total. The van der Waals surface area contributed by atoms with E-state index >= 15 is 0 Å². The van der Waals surface area contributed by atoms with Crippen molar-refractivity contribution >= 4 is 17.6 Å². The zero-order valence-corrected chi connectivity index (χ0v) is 16.5. The Morgan fingerprint density at radius 1 is 0.857 bits per heavy atom. The molecule has 0 bridgehead atoms. The van der Waals surface area contributed by atoms with Crippen LogP contribution in [-0.2, 0) is 6.54 Å². The number of benzene rings is 1. The summed E-state index contributed by atoms with van der Waals surface area (Å²) >= 11 is 0. The topological polar surface area (TPSA) is 83.6 Å². The van der Waals surface area contributed by atoms with Crippen LogP contribution < -0.4 is 20.3 Å². The standard InChI is InChI=1S/C20H29N7O/c1-28-17-7-5-16(6-8-17)26-13-11-25(12-14-26)15-18-22-19(21)24-20(23-18)27-9-3-2-4-10-27/h5-8H,2-4,9-15H2,1H3,(H2,21,22,23,24). The summed E-state index contributed by atoms with van der Waals surface area (Å²) in [5.41, 5.74) is 7.20. The molecule has 2 aliphatic rings. The number of hydrogen-bond acceptors (Lipinski definition) is 8. The number of nitrogen functional groups attached to an aromatic ring is 1. The van der Waals surface area contributed by atoms with Gasteiger partial charge in [-0.2, -0.15) is 15.0 Å². The van der Waals surface area contributed by atoms with Gasteiger partial charge in [0.25, 0.3) is 0 Å². The highest BCUT2D eigenvalue weighted by atomic mass is 16.5. The van der Waals surface area contributed by atoms with Crippen molar-refractivity contribution in [1.82, 2.24) is 19.9 Å². The Morgan fingerprint density at radius 3 is 2.25 bits per heavy atom. The number of piperazine rings is 1. The SMILES string of the molecule is COc1ccc(N2CCN(Cc3nc(N)nc(N4CCCCC4)n3)CC2)cc1. The highest BCUT2D eigenvalue weighted by Gasteiger charge is 2.20. The molecule has 28 heavy (non-hydrogen) atoms. The first kappa shape index (κ1) is 18.7. The van der Waals surface area contributed by atoms with Gasteiger partial charge in [-0.25, -0.2) is 0 Å². The van der Waals surface area contributed by atoms with Crippen molar-refractivity contribution in [3.63, 3.8) is 0 Å². The van der Waals surface area contributed by atoms with Gasteiger partial charge in [0.05, 0.1) is 13.7 Å². The van der Waals surface area contributed by atoms with E-state index in [1.54, 1.807) is 7.11 Å². The largest absolute Gasteiger partial charge is 0.497 e. The van der Waals surface area contributed by atoms with E-state index < -0.39 is 0 Å². The third-order valence-electron chi connectivity index (χ3n) is 5.50. The molecule has 0 radical (unpaired) electrons. The predicted octanol–water partition coefficient (Wildman–Crippen LogP) is 1.77. The van der Waals surface area contributed by atoms with Gasteiger partial charge in [-0.3, -0.25) is 4.90 Å². The zero-order chi connectivity index (χ0) is 19.3. The second kappa shape index (κ2) is 8.60. The molecule has 3 heterocycles. The normalized spacial score (nSPS) is 18.3. The van der Waals surface area contributed by atoms with Crippen LogP contribution in [0.1, 0.15) is 25.1 Å². The van der Waals surface area contributed by atoms with Gasteiger partial charge in [0.1, 0.15) is 11.6 Å². The van der Waals surface area contributed by atoms with Gasteiger partial charge in [0, 0.05) is 45.0 Å². The van der Waals surface area contributed by atoms with Gasteiger partial charge in [-0.1, -0.05) is 0 Å². The lowest BCUT2D eigenvalue weighted by molar-refractivity contribution is 0.244. The van der Waals surface area contributed by atoms with E-state index in [4.69, 9.17) is 15.5 Å². The highest BCUT2D eigenvalue weighted by Crippen LogP contribution is 2.21. The molecule has 150 valence electrons. The summed E-state index contributed by atoms with van der Waals surface area (Å²) in [7, 11) is 1.69. The van der Waals surface area contributed by atoms with Gasteiger partial charge < -0.3 is 20.3 Å². The average molecular weight is 384 g/mol. The van der Waals surface area contributed by atoms with Crippen molar-refractivity contribution in [3.05, 3.63) is 30.1 Å². The smallest absolute Gasteiger partial charge is 0.230 e. The molecular weight excluding hydrogens is 354 g/mol. The molecule has 0 unspecified atom stereocenters. The van der Waals surface area contributed by atoms with Crippen molar-refractivity contribution in [1.29, 1.82) is 0 Å². The zero-order valence-electron chi connectivity index (χ0n) is 16.5. The van der Waals surface area contributed by atoms with Crippen LogP contribution in [0.5, 0.6) is 5.75 Å². The molecule has 2 aliphatic heterocycles. The van der Waals surface area contributed by atoms with Crippen LogP contribution in [0.15, 0.2) is 24.3 Å². The average Bonchev–Trinajstić information content (AvgIpc) is 2.75. The maximum Gasteiger partial charge on any atom is 0.230 e. The van der Waals surface area contributed by atoms with Crippen LogP contribution in [-0.4, -0.2) is 66.2 Å². The minimum Gasteiger partial charge on any atom is -0.497 e. The molecule has 2 saturated heterocycles. The van der Waals surface area contributed by atoms with Crippen LogP contribution in [0.25, 0.3) is 0 Å². The summed E-state index contributed by atoms with van der Waals surface area (Å²) in [6.07, 6.45) is 3.66. The lowest BCUT2D eigenvalue weighted by Crippen LogP contribution is -2.46. The summed E-state index contributed by atoms with van der Waals surface area (Å²) in [6.45, 7) is 6.61. The molecule has 0 saturated carbocycles. The fourth-order valence-corrected chi connectivity index (χ4v) is 3.89. The molecule has 8 heteroatoms. The number of nitrogens with two attached hydrogens (primary N) is 1. The van der Waals surface area contributed by atoms with Gasteiger partial charge >= 0.3 is 0 Å². The Balaban J connectivity index is 1.35. The third-order valence-corrected chi connectivity index (χ3v) is 5.50. The molecule has 0 spiro atoms. The minimum atomic E-state index is 0.322. The minimum absolute atomic E-state index is 0.322. The van der Waals surface area contributed by atoms with Gasteiger partial charge in [0.2, 0.25) is 11.9 Å². The van der Waals surface area contributed by atoms with Crippen molar-refractivity contribution in [2.24, 2.45) is 0 Å². The molecule has 2 fully saturated rings. The molecule has 0 aliphatic carbocycles. The number of anilines is 3. The number of nitrogens with zero attached hydrogens (tertiary/aromatic N) is 6. The molecule has 1 aromatic carbocycles. The number of hydrogen-bond donors (Lipinski definition) is 1. The van der Waals surface area contributed by atoms with Gasteiger partial charge in [0.15, 0.2) is 0 Å².